The summed E-state index contributed by atoms with van der Waals surface area (Å²) in [6, 6.07) is 8.63. The maximum absolute atomic E-state index is 5.93. The van der Waals surface area contributed by atoms with Crippen LogP contribution < -0.4 is 5.73 Å². The highest BCUT2D eigenvalue weighted by Crippen LogP contribution is 2.42. The molecule has 2 aromatic rings. The summed E-state index contributed by atoms with van der Waals surface area (Å²) in [5.74, 6) is 0.583. The molecule has 2 unspecified atom stereocenters. The number of aromatic nitrogens is 1. The Balaban J connectivity index is 2.19. The van der Waals surface area contributed by atoms with Gasteiger partial charge in [-0.2, -0.15) is 0 Å². The Kier molecular flexibility index (Phi) is 2.53. The van der Waals surface area contributed by atoms with Crippen LogP contribution in [0.15, 0.2) is 24.3 Å². The molecule has 0 spiro atoms. The average Bonchev–Trinajstić information content (AvgIpc) is 2.73. The molecule has 1 aliphatic rings. The third-order valence-corrected chi connectivity index (χ3v) is 4.62. The van der Waals surface area contributed by atoms with Gasteiger partial charge in [0.05, 0.1) is 11.7 Å². The van der Waals surface area contributed by atoms with E-state index in [4.69, 9.17) is 10.7 Å². The topological polar surface area (TPSA) is 38.9 Å². The Labute approximate surface area is 106 Å². The maximum atomic E-state index is 5.93. The molecule has 0 aliphatic heterocycles. The molecule has 0 bridgehead atoms. The molecule has 88 valence electrons. The highest BCUT2D eigenvalue weighted by molar-refractivity contribution is 7.12. The Bertz CT molecular complexity index is 557. The minimum atomic E-state index is 0.0352. The van der Waals surface area contributed by atoms with E-state index in [-0.39, 0.29) is 6.04 Å². The predicted octanol–water partition coefficient (Wildman–Crippen LogP) is 3.49. The van der Waals surface area contributed by atoms with Crippen molar-refractivity contribution in [1.29, 1.82) is 0 Å². The standard InChI is InChI=1S/C14H16N2S/c1-8-7-12-13(16-14(17-12)9(2)15)11-6-4-3-5-10(8)11/h3-6,8-9H,7,15H2,1-2H3. The molecule has 2 N–H and O–H groups in total. The molecule has 1 aliphatic carbocycles. The van der Waals surface area contributed by atoms with Gasteiger partial charge >= 0.3 is 0 Å². The fraction of sp³-hybridized carbons (Fsp3) is 0.357. The number of thiazole rings is 1. The summed E-state index contributed by atoms with van der Waals surface area (Å²) in [6.45, 7) is 4.28. The summed E-state index contributed by atoms with van der Waals surface area (Å²) in [6.07, 6.45) is 1.09. The van der Waals surface area contributed by atoms with Crippen LogP contribution in [0, 0.1) is 0 Å². The zero-order valence-electron chi connectivity index (χ0n) is 10.1. The Hall–Kier alpha value is -1.19. The number of nitrogens with two attached hydrogens (primary N) is 1. The molecule has 2 atom stereocenters. The monoisotopic (exact) mass is 244 g/mol. The van der Waals surface area contributed by atoms with Gasteiger partial charge in [0.2, 0.25) is 0 Å². The second-order valence-corrected chi connectivity index (χ2v) is 5.92. The molecule has 0 saturated carbocycles. The fourth-order valence-electron chi connectivity index (χ4n) is 2.44. The van der Waals surface area contributed by atoms with E-state index in [1.807, 2.05) is 6.92 Å². The molecule has 1 aromatic heterocycles. The van der Waals surface area contributed by atoms with Crippen molar-refractivity contribution in [2.24, 2.45) is 5.73 Å². The van der Waals surface area contributed by atoms with Crippen LogP contribution in [-0.4, -0.2) is 4.98 Å². The Morgan fingerprint density at radius 2 is 2.18 bits per heavy atom. The van der Waals surface area contributed by atoms with Gasteiger partial charge in [-0.05, 0) is 24.8 Å². The molecular formula is C14H16N2S. The van der Waals surface area contributed by atoms with Gasteiger partial charge in [-0.3, -0.25) is 0 Å². The van der Waals surface area contributed by atoms with Crippen LogP contribution in [0.1, 0.15) is 41.3 Å². The number of rotatable bonds is 1. The van der Waals surface area contributed by atoms with E-state index in [0.29, 0.717) is 5.92 Å². The lowest BCUT2D eigenvalue weighted by molar-refractivity contribution is 0.755. The van der Waals surface area contributed by atoms with Crippen LogP contribution in [0.5, 0.6) is 0 Å². The van der Waals surface area contributed by atoms with E-state index in [1.165, 1.54) is 16.0 Å². The van der Waals surface area contributed by atoms with Gasteiger partial charge < -0.3 is 5.73 Å². The van der Waals surface area contributed by atoms with Gasteiger partial charge in [0.1, 0.15) is 5.01 Å². The normalized spacial score (nSPS) is 19.6. The van der Waals surface area contributed by atoms with E-state index in [0.717, 1.165) is 17.1 Å². The summed E-state index contributed by atoms with van der Waals surface area (Å²) >= 11 is 1.77. The van der Waals surface area contributed by atoms with E-state index in [9.17, 15) is 0 Å². The third-order valence-electron chi connectivity index (χ3n) is 3.34. The number of benzene rings is 1. The Morgan fingerprint density at radius 1 is 1.41 bits per heavy atom. The van der Waals surface area contributed by atoms with Crippen molar-refractivity contribution in [3.63, 3.8) is 0 Å². The quantitative estimate of drug-likeness (QED) is 0.834. The summed E-state index contributed by atoms with van der Waals surface area (Å²) < 4.78 is 0. The summed E-state index contributed by atoms with van der Waals surface area (Å²) in [5, 5.41) is 1.05. The fourth-order valence-corrected chi connectivity index (χ4v) is 3.60. The zero-order chi connectivity index (χ0) is 12.0. The maximum Gasteiger partial charge on any atom is 0.110 e. The molecule has 2 nitrogen and oxygen atoms in total. The minimum Gasteiger partial charge on any atom is -0.322 e. The van der Waals surface area contributed by atoms with Gasteiger partial charge in [0.15, 0.2) is 0 Å². The first-order valence-corrected chi connectivity index (χ1v) is 6.83. The van der Waals surface area contributed by atoms with E-state index in [2.05, 4.69) is 31.2 Å². The van der Waals surface area contributed by atoms with Crippen LogP contribution in [0.3, 0.4) is 0 Å². The van der Waals surface area contributed by atoms with E-state index in [1.54, 1.807) is 11.3 Å². The minimum absolute atomic E-state index is 0.0352. The third kappa shape index (κ3) is 1.70. The van der Waals surface area contributed by atoms with Crippen LogP contribution in [0.25, 0.3) is 11.3 Å². The number of hydrogen-bond acceptors (Lipinski definition) is 3. The predicted molar refractivity (Wildman–Crippen MR) is 72.3 cm³/mol. The first-order valence-electron chi connectivity index (χ1n) is 6.01. The van der Waals surface area contributed by atoms with E-state index >= 15 is 0 Å². The molecule has 1 heterocycles. The van der Waals surface area contributed by atoms with E-state index < -0.39 is 0 Å². The van der Waals surface area contributed by atoms with Crippen molar-refractivity contribution >= 4 is 11.3 Å². The van der Waals surface area contributed by atoms with Crippen LogP contribution >= 0.6 is 11.3 Å². The molecule has 0 saturated heterocycles. The van der Waals surface area contributed by atoms with Gasteiger partial charge in [-0.15, -0.1) is 11.3 Å². The van der Waals surface area contributed by atoms with Crippen molar-refractivity contribution in [3.05, 3.63) is 39.7 Å². The molecule has 0 amide bonds. The van der Waals surface area contributed by atoms with Gasteiger partial charge in [-0.25, -0.2) is 4.98 Å². The molecule has 0 radical (unpaired) electrons. The van der Waals surface area contributed by atoms with Crippen molar-refractivity contribution < 1.29 is 0 Å². The molecule has 3 heteroatoms. The summed E-state index contributed by atoms with van der Waals surface area (Å²) in [7, 11) is 0. The first-order chi connectivity index (χ1) is 8.16. The van der Waals surface area contributed by atoms with Crippen LogP contribution in [0.4, 0.5) is 0 Å². The van der Waals surface area contributed by atoms with Crippen LogP contribution in [0.2, 0.25) is 0 Å². The zero-order valence-corrected chi connectivity index (χ0v) is 10.9. The highest BCUT2D eigenvalue weighted by atomic mass is 32.1. The van der Waals surface area contributed by atoms with Gasteiger partial charge in [0, 0.05) is 10.4 Å². The summed E-state index contributed by atoms with van der Waals surface area (Å²) in [4.78, 5) is 6.11. The average molecular weight is 244 g/mol. The second-order valence-electron chi connectivity index (χ2n) is 4.80. The van der Waals surface area contributed by atoms with Gasteiger partial charge in [0.25, 0.3) is 0 Å². The molecular weight excluding hydrogens is 228 g/mol. The summed E-state index contributed by atoms with van der Waals surface area (Å²) in [5.41, 5.74) is 9.81. The van der Waals surface area contributed by atoms with Crippen molar-refractivity contribution in [3.8, 4) is 11.3 Å². The lowest BCUT2D eigenvalue weighted by Crippen LogP contribution is -2.06. The Morgan fingerprint density at radius 3 is 2.94 bits per heavy atom. The number of hydrogen-bond donors (Lipinski definition) is 1. The van der Waals surface area contributed by atoms with Crippen LogP contribution in [-0.2, 0) is 6.42 Å². The van der Waals surface area contributed by atoms with Crippen molar-refractivity contribution in [2.45, 2.75) is 32.2 Å². The van der Waals surface area contributed by atoms with Crippen molar-refractivity contribution in [1.82, 2.24) is 4.98 Å². The lowest BCUT2D eigenvalue weighted by Gasteiger charge is -2.21. The SMILES string of the molecule is CC(N)c1nc2c(s1)CC(C)c1ccccc1-2. The lowest BCUT2D eigenvalue weighted by atomic mass is 9.86. The molecule has 0 fully saturated rings. The number of nitrogens with zero attached hydrogens (tertiary/aromatic N) is 1. The first kappa shape index (κ1) is 10.9. The smallest absolute Gasteiger partial charge is 0.110 e. The van der Waals surface area contributed by atoms with Crippen molar-refractivity contribution in [2.75, 3.05) is 0 Å². The van der Waals surface area contributed by atoms with Gasteiger partial charge in [-0.1, -0.05) is 31.2 Å². The molecule has 17 heavy (non-hydrogen) atoms. The highest BCUT2D eigenvalue weighted by Gasteiger charge is 2.25. The molecule has 1 aromatic carbocycles. The molecule has 3 rings (SSSR count). The largest absolute Gasteiger partial charge is 0.322 e. The number of fused-ring (bicyclic) bond motifs is 3. The second kappa shape index (κ2) is 3.93.